The minimum atomic E-state index is -2.03. The van der Waals surface area contributed by atoms with Crippen molar-refractivity contribution in [3.63, 3.8) is 0 Å². The third-order valence-electron chi connectivity index (χ3n) is 7.97. The number of unbranched alkanes of at least 4 members (excludes halogenated alkanes) is 1. The first kappa shape index (κ1) is 42.8. The van der Waals surface area contributed by atoms with Crippen molar-refractivity contribution in [2.75, 3.05) is 13.1 Å². The van der Waals surface area contributed by atoms with Crippen LogP contribution in [0.25, 0.3) is 11.1 Å². The molecule has 2 aromatic carbocycles. The standard InChI is InChI=1S/C34H54BN9O7/c1-4-5-6-21-7-9-22(10-8-21)23-11-13-24(14-12-23)29(45)40-25(15-17-36)30(46)41-26(16-18-37)31(47)43-28(38)33(49)42-27(19-20(2)3)32(48)44-34(39)35(50)51/h7-14,20,25-28,34,50-51H,4-6,15-19,36-39H2,1-3H3,(H,40,45)(H,41,46)(H,42,49)(H,43,47)(H,44,48)/t25-,26-,27-,28+,34+/m0/s1. The topological polar surface area (TPSA) is 290 Å². The minimum absolute atomic E-state index is 0.0187. The van der Waals surface area contributed by atoms with Crippen molar-refractivity contribution in [2.24, 2.45) is 28.9 Å². The first-order valence-electron chi connectivity index (χ1n) is 17.2. The van der Waals surface area contributed by atoms with Gasteiger partial charge in [0.15, 0.2) is 6.17 Å². The highest BCUT2D eigenvalue weighted by atomic mass is 16.4. The van der Waals surface area contributed by atoms with E-state index in [1.165, 1.54) is 5.56 Å². The number of hydrogen-bond donors (Lipinski definition) is 11. The molecule has 0 radical (unpaired) electrons. The molecular formula is C34H54BN9O7. The Balaban J connectivity index is 2.05. The predicted molar refractivity (Wildman–Crippen MR) is 195 cm³/mol. The summed E-state index contributed by atoms with van der Waals surface area (Å²) in [7, 11) is -2.03. The molecule has 0 aliphatic heterocycles. The Kier molecular flexibility index (Phi) is 18.2. The normalized spacial score (nSPS) is 14.0. The summed E-state index contributed by atoms with van der Waals surface area (Å²) in [5.41, 5.74) is 26.3. The van der Waals surface area contributed by atoms with E-state index in [9.17, 15) is 34.0 Å². The predicted octanol–water partition coefficient (Wildman–Crippen LogP) is -1.68. The van der Waals surface area contributed by atoms with Gasteiger partial charge in [0.2, 0.25) is 17.7 Å². The minimum Gasteiger partial charge on any atom is -0.425 e. The maximum Gasteiger partial charge on any atom is 0.490 e. The van der Waals surface area contributed by atoms with E-state index < -0.39 is 67.0 Å². The molecule has 0 heterocycles. The molecule has 280 valence electrons. The van der Waals surface area contributed by atoms with Gasteiger partial charge in [-0.25, -0.2) is 0 Å². The number of hydrogen-bond acceptors (Lipinski definition) is 11. The number of rotatable bonds is 21. The molecule has 5 amide bonds. The highest BCUT2D eigenvalue weighted by Crippen LogP contribution is 2.21. The molecule has 0 aromatic heterocycles. The lowest BCUT2D eigenvalue weighted by molar-refractivity contribution is -0.134. The number of nitrogens with one attached hydrogen (secondary N) is 5. The van der Waals surface area contributed by atoms with E-state index in [0.717, 1.165) is 30.4 Å². The van der Waals surface area contributed by atoms with E-state index in [2.05, 4.69) is 45.6 Å². The second-order valence-electron chi connectivity index (χ2n) is 12.7. The van der Waals surface area contributed by atoms with Gasteiger partial charge in [-0.2, -0.15) is 0 Å². The number of aryl methyl sites for hydroxylation is 1. The van der Waals surface area contributed by atoms with Crippen LogP contribution in [0.1, 0.15) is 68.8 Å². The van der Waals surface area contributed by atoms with Crippen molar-refractivity contribution < 1.29 is 34.0 Å². The van der Waals surface area contributed by atoms with Gasteiger partial charge in [0, 0.05) is 5.56 Å². The summed E-state index contributed by atoms with van der Waals surface area (Å²) < 4.78 is 0. The molecule has 0 saturated carbocycles. The van der Waals surface area contributed by atoms with Crippen molar-refractivity contribution in [3.05, 3.63) is 59.7 Å². The van der Waals surface area contributed by atoms with Gasteiger partial charge in [-0.05, 0) is 79.9 Å². The Bertz CT molecular complexity index is 1430. The molecule has 17 heteroatoms. The first-order chi connectivity index (χ1) is 24.2. The van der Waals surface area contributed by atoms with E-state index in [0.29, 0.717) is 5.56 Å². The first-order valence-corrected chi connectivity index (χ1v) is 17.2. The summed E-state index contributed by atoms with van der Waals surface area (Å²) in [4.78, 5) is 65.1. The molecular weight excluding hydrogens is 657 g/mol. The third-order valence-corrected chi connectivity index (χ3v) is 7.97. The van der Waals surface area contributed by atoms with Gasteiger partial charge in [0.25, 0.3) is 11.8 Å². The fraction of sp³-hybridized carbons (Fsp3) is 0.500. The second kappa shape index (κ2) is 21.7. The lowest BCUT2D eigenvalue weighted by Crippen LogP contribution is -2.62. The average molecular weight is 712 g/mol. The fourth-order valence-corrected chi connectivity index (χ4v) is 5.07. The maximum absolute atomic E-state index is 13.3. The number of nitrogens with two attached hydrogens (primary N) is 4. The van der Waals surface area contributed by atoms with Crippen LogP contribution in [0.2, 0.25) is 0 Å². The van der Waals surface area contributed by atoms with Gasteiger partial charge in [-0.15, -0.1) is 0 Å². The maximum atomic E-state index is 13.3. The van der Waals surface area contributed by atoms with Crippen molar-refractivity contribution in [1.29, 1.82) is 0 Å². The van der Waals surface area contributed by atoms with Crippen LogP contribution in [0.4, 0.5) is 0 Å². The van der Waals surface area contributed by atoms with Crippen molar-refractivity contribution in [2.45, 2.75) is 89.7 Å². The molecule has 51 heavy (non-hydrogen) atoms. The second-order valence-corrected chi connectivity index (χ2v) is 12.7. The van der Waals surface area contributed by atoms with Crippen LogP contribution in [0.3, 0.4) is 0 Å². The zero-order valence-corrected chi connectivity index (χ0v) is 29.6. The van der Waals surface area contributed by atoms with Crippen LogP contribution in [0.5, 0.6) is 0 Å². The lowest BCUT2D eigenvalue weighted by atomic mass is 9.86. The van der Waals surface area contributed by atoms with E-state index in [4.69, 9.17) is 22.9 Å². The van der Waals surface area contributed by atoms with Crippen LogP contribution in [-0.2, 0) is 25.6 Å². The zero-order valence-electron chi connectivity index (χ0n) is 29.6. The molecule has 5 atom stereocenters. The smallest absolute Gasteiger partial charge is 0.425 e. The van der Waals surface area contributed by atoms with E-state index in [-0.39, 0.29) is 38.3 Å². The van der Waals surface area contributed by atoms with Gasteiger partial charge < -0.3 is 59.6 Å². The van der Waals surface area contributed by atoms with E-state index >= 15 is 0 Å². The highest BCUT2D eigenvalue weighted by molar-refractivity contribution is 6.43. The molecule has 0 aliphatic rings. The lowest BCUT2D eigenvalue weighted by Gasteiger charge is -2.26. The van der Waals surface area contributed by atoms with Crippen molar-refractivity contribution in [3.8, 4) is 11.1 Å². The van der Waals surface area contributed by atoms with Crippen LogP contribution in [0.15, 0.2) is 48.5 Å². The van der Waals surface area contributed by atoms with Gasteiger partial charge in [-0.1, -0.05) is 63.6 Å². The molecule has 0 fully saturated rings. The molecule has 0 saturated heterocycles. The van der Waals surface area contributed by atoms with Crippen molar-refractivity contribution in [1.82, 2.24) is 26.6 Å². The average Bonchev–Trinajstić information content (AvgIpc) is 3.09. The van der Waals surface area contributed by atoms with E-state index in [1.54, 1.807) is 26.0 Å². The summed E-state index contributed by atoms with van der Waals surface area (Å²) in [6, 6.07) is 10.2. The molecule has 0 aliphatic carbocycles. The molecule has 2 rings (SSSR count). The highest BCUT2D eigenvalue weighted by Gasteiger charge is 2.31. The summed E-state index contributed by atoms with van der Waals surface area (Å²) in [6.07, 6.45) is 1.80. The Morgan fingerprint density at radius 2 is 1.18 bits per heavy atom. The number of carbonyl (C=O) groups is 5. The summed E-state index contributed by atoms with van der Waals surface area (Å²) in [5, 5.41) is 30.5. The monoisotopic (exact) mass is 711 g/mol. The van der Waals surface area contributed by atoms with Crippen LogP contribution >= 0.6 is 0 Å². The number of benzene rings is 2. The fourth-order valence-electron chi connectivity index (χ4n) is 5.07. The molecule has 0 unspecified atom stereocenters. The Hall–Kier alpha value is -4.39. The van der Waals surface area contributed by atoms with Crippen LogP contribution < -0.4 is 49.5 Å². The van der Waals surface area contributed by atoms with Gasteiger partial charge in [-0.3, -0.25) is 24.0 Å². The molecule has 15 N–H and O–H groups in total. The van der Waals surface area contributed by atoms with Crippen LogP contribution in [-0.4, -0.2) is 90.1 Å². The third kappa shape index (κ3) is 14.4. The quantitative estimate of drug-likeness (QED) is 0.0514. The number of carbonyl (C=O) groups excluding carboxylic acids is 5. The SMILES string of the molecule is CCCCc1ccc(-c2ccc(C(=O)N[C@@H](CCN)C(=O)N[C@@H](CCN)C(=O)N[C@@H](N)C(=O)N[C@@H](CC(C)C)C(=O)N[C@@H](N)B(O)O)cc2)cc1. The largest absolute Gasteiger partial charge is 0.490 e. The molecule has 2 aromatic rings. The van der Waals surface area contributed by atoms with E-state index in [1.807, 2.05) is 24.3 Å². The Morgan fingerprint density at radius 1 is 0.686 bits per heavy atom. The summed E-state index contributed by atoms with van der Waals surface area (Å²) >= 11 is 0. The molecule has 0 spiro atoms. The molecule has 0 bridgehead atoms. The molecule has 16 nitrogen and oxygen atoms in total. The van der Waals surface area contributed by atoms with Gasteiger partial charge >= 0.3 is 7.12 Å². The van der Waals surface area contributed by atoms with Gasteiger partial charge in [0.1, 0.15) is 24.2 Å². The summed E-state index contributed by atoms with van der Waals surface area (Å²) in [5.74, 6) is -3.84. The van der Waals surface area contributed by atoms with Crippen molar-refractivity contribution >= 4 is 36.7 Å². The van der Waals surface area contributed by atoms with Gasteiger partial charge in [0.05, 0.1) is 0 Å². The summed E-state index contributed by atoms with van der Waals surface area (Å²) in [6.45, 7) is 5.77. The zero-order chi connectivity index (χ0) is 38.1. The Morgan fingerprint density at radius 3 is 1.69 bits per heavy atom. The Labute approximate surface area is 299 Å². The van der Waals surface area contributed by atoms with Crippen LogP contribution in [0, 0.1) is 5.92 Å². The number of amides is 5.